The van der Waals surface area contributed by atoms with E-state index >= 15 is 0 Å². The Balaban J connectivity index is 1.59. The predicted octanol–water partition coefficient (Wildman–Crippen LogP) is 2.13. The zero-order valence-electron chi connectivity index (χ0n) is 14.2. The van der Waals surface area contributed by atoms with Crippen LogP contribution in [0.4, 0.5) is 9.18 Å². The average Bonchev–Trinajstić information content (AvgIpc) is 3.08. The molecule has 26 heavy (non-hydrogen) atoms. The number of nitrogens with one attached hydrogen (secondary N) is 1. The van der Waals surface area contributed by atoms with Gasteiger partial charge in [-0.25, -0.2) is 9.18 Å². The summed E-state index contributed by atoms with van der Waals surface area (Å²) in [6.45, 7) is 2.58. The lowest BCUT2D eigenvalue weighted by Gasteiger charge is -2.34. The van der Waals surface area contributed by atoms with Crippen molar-refractivity contribution in [3.63, 3.8) is 0 Å². The van der Waals surface area contributed by atoms with E-state index in [4.69, 9.17) is 4.52 Å². The lowest BCUT2D eigenvalue weighted by atomic mass is 9.91. The summed E-state index contributed by atoms with van der Waals surface area (Å²) in [4.78, 5) is 29.1. The molecule has 0 saturated carbocycles. The summed E-state index contributed by atoms with van der Waals surface area (Å²) in [6.07, 6.45) is 0.555. The number of carboxylic acids is 1. The number of rotatable bonds is 4. The van der Waals surface area contributed by atoms with Crippen LogP contribution in [0.1, 0.15) is 19.2 Å². The van der Waals surface area contributed by atoms with E-state index in [9.17, 15) is 19.1 Å². The van der Waals surface area contributed by atoms with Gasteiger partial charge in [-0.05, 0) is 24.5 Å². The summed E-state index contributed by atoms with van der Waals surface area (Å²) in [5.41, 5.74) is 0.473. The van der Waals surface area contributed by atoms with E-state index in [0.29, 0.717) is 18.5 Å². The fraction of sp³-hybridized carbons (Fsp3) is 0.412. The van der Waals surface area contributed by atoms with Crippen LogP contribution in [-0.2, 0) is 11.3 Å². The second-order valence-corrected chi connectivity index (χ2v) is 6.46. The van der Waals surface area contributed by atoms with Gasteiger partial charge in [-0.1, -0.05) is 24.2 Å². The van der Waals surface area contributed by atoms with Crippen molar-refractivity contribution in [2.45, 2.75) is 19.9 Å². The molecule has 0 radical (unpaired) electrons. The van der Waals surface area contributed by atoms with Gasteiger partial charge in [-0.15, -0.1) is 0 Å². The predicted molar refractivity (Wildman–Crippen MR) is 88.4 cm³/mol. The summed E-state index contributed by atoms with van der Waals surface area (Å²) < 4.78 is 18.3. The Bertz CT molecular complexity index is 810. The maximum Gasteiger partial charge on any atom is 0.317 e. The lowest BCUT2D eigenvalue weighted by molar-refractivity contribution is -0.143. The molecule has 2 unspecified atom stereocenters. The number of halogens is 1. The number of carboxylic acid groups (broad SMARTS) is 1. The van der Waals surface area contributed by atoms with E-state index in [0.717, 1.165) is 0 Å². The Morgan fingerprint density at radius 3 is 2.96 bits per heavy atom. The first-order valence-corrected chi connectivity index (χ1v) is 8.26. The molecule has 2 atom stereocenters. The normalized spacial score (nSPS) is 20.0. The van der Waals surface area contributed by atoms with Gasteiger partial charge in [0.1, 0.15) is 5.82 Å². The number of likely N-dealkylation sites (tertiary alicyclic amines) is 1. The molecule has 3 rings (SSSR count). The minimum Gasteiger partial charge on any atom is -0.481 e. The molecule has 1 aliphatic rings. The number of hydrogen-bond acceptors (Lipinski definition) is 5. The first-order valence-electron chi connectivity index (χ1n) is 8.26. The standard InChI is InChI=1S/C17H19FN4O4/c1-10-5-12(16(23)24)9-22(8-10)17(25)19-7-14-20-15(21-26-14)11-3-2-4-13(18)6-11/h2-4,6,10,12H,5,7-9H2,1H3,(H,19,25)(H,23,24). The van der Waals surface area contributed by atoms with Crippen LogP contribution in [0.2, 0.25) is 0 Å². The van der Waals surface area contributed by atoms with Crippen LogP contribution in [0.5, 0.6) is 0 Å². The largest absolute Gasteiger partial charge is 0.481 e. The zero-order chi connectivity index (χ0) is 18.7. The molecule has 1 saturated heterocycles. The van der Waals surface area contributed by atoms with E-state index in [-0.39, 0.29) is 36.8 Å². The third-order valence-electron chi connectivity index (χ3n) is 4.24. The number of aliphatic carboxylic acids is 1. The number of piperidine rings is 1. The van der Waals surface area contributed by atoms with Crippen LogP contribution in [-0.4, -0.2) is 45.2 Å². The lowest BCUT2D eigenvalue weighted by Crippen LogP contribution is -2.49. The number of nitrogens with zero attached hydrogens (tertiary/aromatic N) is 3. The number of hydrogen-bond donors (Lipinski definition) is 2. The number of benzene rings is 1. The smallest absolute Gasteiger partial charge is 0.317 e. The molecule has 2 aromatic rings. The molecule has 1 aliphatic heterocycles. The Labute approximate surface area is 149 Å². The Morgan fingerprint density at radius 1 is 1.42 bits per heavy atom. The molecule has 9 heteroatoms. The van der Waals surface area contributed by atoms with Crippen LogP contribution in [0.15, 0.2) is 28.8 Å². The summed E-state index contributed by atoms with van der Waals surface area (Å²) in [5.74, 6) is -1.35. The van der Waals surface area contributed by atoms with E-state index < -0.39 is 17.7 Å². The van der Waals surface area contributed by atoms with Crippen molar-refractivity contribution in [3.05, 3.63) is 36.0 Å². The summed E-state index contributed by atoms with van der Waals surface area (Å²) in [7, 11) is 0. The van der Waals surface area contributed by atoms with Crippen LogP contribution in [0, 0.1) is 17.7 Å². The van der Waals surface area contributed by atoms with Crippen LogP contribution in [0.25, 0.3) is 11.4 Å². The first-order chi connectivity index (χ1) is 12.4. The second-order valence-electron chi connectivity index (χ2n) is 6.46. The van der Waals surface area contributed by atoms with Gasteiger partial charge >= 0.3 is 12.0 Å². The van der Waals surface area contributed by atoms with Crippen molar-refractivity contribution in [1.82, 2.24) is 20.4 Å². The summed E-state index contributed by atoms with van der Waals surface area (Å²) >= 11 is 0. The second kappa shape index (κ2) is 7.51. The fourth-order valence-corrected chi connectivity index (χ4v) is 3.03. The van der Waals surface area contributed by atoms with Crippen molar-refractivity contribution >= 4 is 12.0 Å². The van der Waals surface area contributed by atoms with Gasteiger partial charge < -0.3 is 19.8 Å². The fourth-order valence-electron chi connectivity index (χ4n) is 3.03. The van der Waals surface area contributed by atoms with Crippen molar-refractivity contribution < 1.29 is 23.6 Å². The van der Waals surface area contributed by atoms with E-state index in [1.807, 2.05) is 6.92 Å². The summed E-state index contributed by atoms with van der Waals surface area (Å²) in [6, 6.07) is 5.41. The molecule has 0 bridgehead atoms. The molecule has 0 aliphatic carbocycles. The van der Waals surface area contributed by atoms with Crippen LogP contribution >= 0.6 is 0 Å². The van der Waals surface area contributed by atoms with Crippen molar-refractivity contribution in [3.8, 4) is 11.4 Å². The third kappa shape index (κ3) is 4.16. The Kier molecular flexibility index (Phi) is 5.15. The van der Waals surface area contributed by atoms with Gasteiger partial charge in [0.15, 0.2) is 0 Å². The number of urea groups is 1. The molecule has 1 aromatic carbocycles. The minimum atomic E-state index is -0.897. The first kappa shape index (κ1) is 17.8. The van der Waals surface area contributed by atoms with Gasteiger partial charge in [0.25, 0.3) is 0 Å². The summed E-state index contributed by atoms with van der Waals surface area (Å²) in [5, 5.41) is 15.6. The van der Waals surface area contributed by atoms with E-state index in [1.54, 1.807) is 12.1 Å². The quantitative estimate of drug-likeness (QED) is 0.862. The van der Waals surface area contributed by atoms with Gasteiger partial charge in [0.05, 0.1) is 12.5 Å². The van der Waals surface area contributed by atoms with Crippen molar-refractivity contribution in [2.24, 2.45) is 11.8 Å². The third-order valence-corrected chi connectivity index (χ3v) is 4.24. The highest BCUT2D eigenvalue weighted by molar-refractivity contribution is 5.76. The average molecular weight is 362 g/mol. The highest BCUT2D eigenvalue weighted by atomic mass is 19.1. The molecule has 1 aromatic heterocycles. The molecule has 2 amide bonds. The Morgan fingerprint density at radius 2 is 2.23 bits per heavy atom. The van der Waals surface area contributed by atoms with Gasteiger partial charge in [-0.2, -0.15) is 4.98 Å². The van der Waals surface area contributed by atoms with Gasteiger partial charge in [0, 0.05) is 18.7 Å². The van der Waals surface area contributed by atoms with Crippen molar-refractivity contribution in [1.29, 1.82) is 0 Å². The van der Waals surface area contributed by atoms with Crippen molar-refractivity contribution in [2.75, 3.05) is 13.1 Å². The van der Waals surface area contributed by atoms with E-state index in [1.165, 1.54) is 17.0 Å². The highest BCUT2D eigenvalue weighted by Crippen LogP contribution is 2.22. The Hall–Kier alpha value is -2.97. The highest BCUT2D eigenvalue weighted by Gasteiger charge is 2.31. The maximum atomic E-state index is 13.2. The van der Waals surface area contributed by atoms with Crippen LogP contribution in [0.3, 0.4) is 0 Å². The molecular weight excluding hydrogens is 343 g/mol. The SMILES string of the molecule is CC1CC(C(=O)O)CN(C(=O)NCc2nc(-c3cccc(F)c3)no2)C1. The molecule has 1 fully saturated rings. The maximum absolute atomic E-state index is 13.2. The molecule has 8 nitrogen and oxygen atoms in total. The van der Waals surface area contributed by atoms with Crippen LogP contribution < -0.4 is 5.32 Å². The minimum absolute atomic E-state index is 0.00374. The molecular formula is C17H19FN4O4. The molecule has 2 heterocycles. The van der Waals surface area contributed by atoms with E-state index in [2.05, 4.69) is 15.5 Å². The number of carbonyl (C=O) groups excluding carboxylic acids is 1. The van der Waals surface area contributed by atoms with Gasteiger partial charge in [0.2, 0.25) is 11.7 Å². The van der Waals surface area contributed by atoms with Gasteiger partial charge in [-0.3, -0.25) is 4.79 Å². The zero-order valence-corrected chi connectivity index (χ0v) is 14.2. The molecule has 2 N–H and O–H groups in total. The number of carbonyl (C=O) groups is 2. The number of amides is 2. The monoisotopic (exact) mass is 362 g/mol. The topological polar surface area (TPSA) is 109 Å². The molecule has 0 spiro atoms. The number of aromatic nitrogens is 2. The molecule has 138 valence electrons.